The maximum Gasteiger partial charge on any atom is 0.253 e. The SMILES string of the molecule is Cc1cccc(Cc2c(C)nc(C)nc2N2CCN(C(=O)c3ccc(-c4ccccc4)cc3)CC2)c1. The highest BCUT2D eigenvalue weighted by Gasteiger charge is 2.25. The van der Waals surface area contributed by atoms with Crippen molar-refractivity contribution in [2.24, 2.45) is 0 Å². The van der Waals surface area contributed by atoms with Gasteiger partial charge in [-0.2, -0.15) is 0 Å². The summed E-state index contributed by atoms with van der Waals surface area (Å²) < 4.78 is 0. The smallest absolute Gasteiger partial charge is 0.253 e. The second-order valence-electron chi connectivity index (χ2n) is 9.55. The van der Waals surface area contributed by atoms with E-state index >= 15 is 0 Å². The van der Waals surface area contributed by atoms with Gasteiger partial charge in [-0.15, -0.1) is 0 Å². The molecule has 0 saturated carbocycles. The lowest BCUT2D eigenvalue weighted by atomic mass is 10.0. The summed E-state index contributed by atoms with van der Waals surface area (Å²) in [6, 6.07) is 26.8. The molecule has 1 saturated heterocycles. The van der Waals surface area contributed by atoms with Gasteiger partial charge in [-0.25, -0.2) is 9.97 Å². The first-order valence-electron chi connectivity index (χ1n) is 12.6. The number of carbonyl (C=O) groups excluding carboxylic acids is 1. The van der Waals surface area contributed by atoms with Gasteiger partial charge in [-0.05, 0) is 49.6 Å². The molecule has 0 spiro atoms. The van der Waals surface area contributed by atoms with Crippen molar-refractivity contribution in [3.8, 4) is 11.1 Å². The highest BCUT2D eigenvalue weighted by Crippen LogP contribution is 2.26. The Morgan fingerprint density at radius 2 is 1.47 bits per heavy atom. The molecule has 0 atom stereocenters. The van der Waals surface area contributed by atoms with Gasteiger partial charge in [0.25, 0.3) is 5.91 Å². The van der Waals surface area contributed by atoms with Gasteiger partial charge in [-0.3, -0.25) is 4.79 Å². The van der Waals surface area contributed by atoms with Crippen molar-refractivity contribution < 1.29 is 4.79 Å². The third-order valence-corrected chi connectivity index (χ3v) is 6.87. The lowest BCUT2D eigenvalue weighted by Gasteiger charge is -2.36. The van der Waals surface area contributed by atoms with Crippen LogP contribution in [0.15, 0.2) is 78.9 Å². The first-order valence-corrected chi connectivity index (χ1v) is 12.6. The molecular formula is C31H32N4O. The monoisotopic (exact) mass is 476 g/mol. The molecule has 5 rings (SSSR count). The molecule has 5 heteroatoms. The standard InChI is InChI=1S/C31H32N4O/c1-22-8-7-9-25(20-22)21-29-23(2)32-24(3)33-30(29)34-16-18-35(19-17-34)31(36)28-14-12-27(13-15-28)26-10-5-4-6-11-26/h4-15,20H,16-19,21H2,1-3H3. The predicted molar refractivity (Wildman–Crippen MR) is 145 cm³/mol. The number of aryl methyl sites for hydroxylation is 3. The molecule has 0 unspecified atom stereocenters. The molecular weight excluding hydrogens is 444 g/mol. The number of nitrogens with zero attached hydrogens (tertiary/aromatic N) is 4. The molecule has 4 aromatic rings. The number of rotatable bonds is 5. The largest absolute Gasteiger partial charge is 0.353 e. The maximum absolute atomic E-state index is 13.2. The van der Waals surface area contributed by atoms with Crippen LogP contribution in [0.25, 0.3) is 11.1 Å². The molecule has 1 aromatic heterocycles. The van der Waals surface area contributed by atoms with Crippen molar-refractivity contribution in [2.75, 3.05) is 31.1 Å². The van der Waals surface area contributed by atoms with E-state index in [-0.39, 0.29) is 5.91 Å². The van der Waals surface area contributed by atoms with E-state index in [1.54, 1.807) is 0 Å². The van der Waals surface area contributed by atoms with E-state index in [0.29, 0.717) is 13.1 Å². The Labute approximate surface area is 213 Å². The molecule has 1 fully saturated rings. The van der Waals surface area contributed by atoms with Crippen LogP contribution < -0.4 is 4.90 Å². The molecule has 1 aliphatic rings. The summed E-state index contributed by atoms with van der Waals surface area (Å²) in [5, 5.41) is 0. The molecule has 182 valence electrons. The molecule has 0 N–H and O–H groups in total. The molecule has 0 aliphatic carbocycles. The normalized spacial score (nSPS) is 13.6. The fourth-order valence-electron chi connectivity index (χ4n) is 4.95. The molecule has 5 nitrogen and oxygen atoms in total. The van der Waals surface area contributed by atoms with Crippen molar-refractivity contribution in [2.45, 2.75) is 27.2 Å². The Morgan fingerprint density at radius 3 is 2.17 bits per heavy atom. The summed E-state index contributed by atoms with van der Waals surface area (Å²) in [6.07, 6.45) is 0.802. The Balaban J connectivity index is 1.29. The zero-order valence-corrected chi connectivity index (χ0v) is 21.2. The first-order chi connectivity index (χ1) is 17.5. The summed E-state index contributed by atoms with van der Waals surface area (Å²) in [7, 11) is 0. The first kappa shape index (κ1) is 23.7. The number of carbonyl (C=O) groups is 1. The molecule has 3 aromatic carbocycles. The van der Waals surface area contributed by atoms with Crippen molar-refractivity contribution in [3.05, 3.63) is 113 Å². The Bertz CT molecular complexity index is 1360. The van der Waals surface area contributed by atoms with Gasteiger partial charge < -0.3 is 9.80 Å². The minimum absolute atomic E-state index is 0.0873. The van der Waals surface area contributed by atoms with Crippen molar-refractivity contribution in [1.29, 1.82) is 0 Å². The Hall–Kier alpha value is -3.99. The lowest BCUT2D eigenvalue weighted by molar-refractivity contribution is 0.0746. The number of aromatic nitrogens is 2. The van der Waals surface area contributed by atoms with Gasteiger partial charge in [0.1, 0.15) is 11.6 Å². The van der Waals surface area contributed by atoms with Crippen LogP contribution in [0.5, 0.6) is 0 Å². The van der Waals surface area contributed by atoms with E-state index in [2.05, 4.69) is 60.1 Å². The average molecular weight is 477 g/mol. The molecule has 2 heterocycles. The number of hydrogen-bond donors (Lipinski definition) is 0. The topological polar surface area (TPSA) is 49.3 Å². The highest BCUT2D eigenvalue weighted by molar-refractivity contribution is 5.95. The van der Waals surface area contributed by atoms with E-state index < -0.39 is 0 Å². The van der Waals surface area contributed by atoms with E-state index in [1.165, 1.54) is 16.7 Å². The molecule has 1 aliphatic heterocycles. The van der Waals surface area contributed by atoms with Gasteiger partial charge in [0.2, 0.25) is 0 Å². The summed E-state index contributed by atoms with van der Waals surface area (Å²) >= 11 is 0. The van der Waals surface area contributed by atoms with Gasteiger partial charge in [0, 0.05) is 49.4 Å². The zero-order chi connectivity index (χ0) is 25.1. The second kappa shape index (κ2) is 10.3. The van der Waals surface area contributed by atoms with Crippen LogP contribution in [0.4, 0.5) is 5.82 Å². The van der Waals surface area contributed by atoms with Crippen LogP contribution in [-0.2, 0) is 6.42 Å². The van der Waals surface area contributed by atoms with Crippen LogP contribution >= 0.6 is 0 Å². The Morgan fingerprint density at radius 1 is 0.778 bits per heavy atom. The molecule has 36 heavy (non-hydrogen) atoms. The molecule has 0 radical (unpaired) electrons. The van der Waals surface area contributed by atoms with Crippen LogP contribution in [0.2, 0.25) is 0 Å². The fraction of sp³-hybridized carbons (Fsp3) is 0.258. The van der Waals surface area contributed by atoms with Crippen LogP contribution in [0.3, 0.4) is 0 Å². The van der Waals surface area contributed by atoms with Crippen molar-refractivity contribution in [1.82, 2.24) is 14.9 Å². The third-order valence-electron chi connectivity index (χ3n) is 6.87. The summed E-state index contributed by atoms with van der Waals surface area (Å²) in [5.74, 6) is 1.87. The molecule has 0 bridgehead atoms. The van der Waals surface area contributed by atoms with Gasteiger partial charge >= 0.3 is 0 Å². The predicted octanol–water partition coefficient (Wildman–Crippen LogP) is 5.62. The number of benzene rings is 3. The van der Waals surface area contributed by atoms with E-state index in [1.807, 2.05) is 54.3 Å². The van der Waals surface area contributed by atoms with Crippen LogP contribution in [-0.4, -0.2) is 47.0 Å². The molecule has 1 amide bonds. The maximum atomic E-state index is 13.2. The minimum atomic E-state index is 0.0873. The van der Waals surface area contributed by atoms with Crippen LogP contribution in [0.1, 0.15) is 38.6 Å². The van der Waals surface area contributed by atoms with E-state index in [4.69, 9.17) is 4.98 Å². The quantitative estimate of drug-likeness (QED) is 0.375. The number of amides is 1. The minimum Gasteiger partial charge on any atom is -0.353 e. The number of anilines is 1. The average Bonchev–Trinajstić information content (AvgIpc) is 2.90. The van der Waals surface area contributed by atoms with Gasteiger partial charge in [0.05, 0.1) is 0 Å². The Kier molecular flexibility index (Phi) is 6.81. The summed E-state index contributed by atoms with van der Waals surface area (Å²) in [5.41, 5.74) is 7.72. The zero-order valence-electron chi connectivity index (χ0n) is 21.2. The summed E-state index contributed by atoms with van der Waals surface area (Å²) in [6.45, 7) is 8.99. The van der Waals surface area contributed by atoms with Crippen molar-refractivity contribution >= 4 is 11.7 Å². The number of hydrogen-bond acceptors (Lipinski definition) is 4. The fourth-order valence-corrected chi connectivity index (χ4v) is 4.95. The van der Waals surface area contributed by atoms with Gasteiger partial charge in [0.15, 0.2) is 0 Å². The lowest BCUT2D eigenvalue weighted by Crippen LogP contribution is -2.49. The van der Waals surface area contributed by atoms with E-state index in [0.717, 1.165) is 53.5 Å². The number of piperazine rings is 1. The van der Waals surface area contributed by atoms with Gasteiger partial charge in [-0.1, -0.05) is 72.3 Å². The van der Waals surface area contributed by atoms with Crippen molar-refractivity contribution in [3.63, 3.8) is 0 Å². The second-order valence-corrected chi connectivity index (χ2v) is 9.55. The summed E-state index contributed by atoms with van der Waals surface area (Å²) in [4.78, 5) is 27.0. The van der Waals surface area contributed by atoms with E-state index in [9.17, 15) is 4.79 Å². The third kappa shape index (κ3) is 5.15. The van der Waals surface area contributed by atoms with Crippen LogP contribution in [0, 0.1) is 20.8 Å². The highest BCUT2D eigenvalue weighted by atomic mass is 16.2.